The van der Waals surface area contributed by atoms with Crippen molar-refractivity contribution in [1.29, 1.82) is 0 Å². The van der Waals surface area contributed by atoms with Gasteiger partial charge in [-0.2, -0.15) is 6.20 Å². The van der Waals surface area contributed by atoms with Gasteiger partial charge in [0.25, 0.3) is 0 Å². The molecule has 4 aromatic rings. The zero-order valence-electron chi connectivity index (χ0n) is 19.7. The lowest BCUT2D eigenvalue weighted by atomic mass is 10.0. The summed E-state index contributed by atoms with van der Waals surface area (Å²) in [6.07, 6.45) is 6.79. The smallest absolute Gasteiger partial charge is 0.335 e. The molecule has 0 saturated carbocycles. The molecule has 0 amide bonds. The highest BCUT2D eigenvalue weighted by molar-refractivity contribution is 5.91. The number of benzene rings is 2. The third-order valence-electron chi connectivity index (χ3n) is 6.18. The van der Waals surface area contributed by atoms with E-state index in [0.29, 0.717) is 17.2 Å². The van der Waals surface area contributed by atoms with Crippen molar-refractivity contribution in [2.24, 2.45) is 0 Å². The van der Waals surface area contributed by atoms with Crippen molar-refractivity contribution in [2.75, 3.05) is 4.90 Å². The van der Waals surface area contributed by atoms with E-state index in [1.165, 1.54) is 30.5 Å². The maximum Gasteiger partial charge on any atom is 0.335 e. The van der Waals surface area contributed by atoms with Gasteiger partial charge in [-0.25, -0.2) is 9.59 Å². The molecule has 0 fully saturated rings. The summed E-state index contributed by atoms with van der Waals surface area (Å²) >= 11 is 0. The maximum absolute atomic E-state index is 12.0. The Labute approximate surface area is 217 Å². The Kier molecular flexibility index (Phi) is 5.57. The molecule has 186 valence electrons. The van der Waals surface area contributed by atoms with E-state index in [2.05, 4.69) is 20.2 Å². The van der Waals surface area contributed by atoms with Crippen LogP contribution >= 0.6 is 0 Å². The molecule has 0 spiro atoms. The predicted octanol–water partition coefficient (Wildman–Crippen LogP) is 6.31. The molecule has 2 N–H and O–H groups in total. The van der Waals surface area contributed by atoms with Crippen LogP contribution in [0.4, 0.5) is 11.4 Å². The van der Waals surface area contributed by atoms with E-state index in [0.717, 1.165) is 17.1 Å². The SMILES string of the molecule is O=C(O)c1ccnc(-c2cc(C(=O)O)cc(C3C=C(N4c5ccccc5Oc5ccccc54)C=C[N-]3)n2)c1. The van der Waals surface area contributed by atoms with Crippen LogP contribution in [0.5, 0.6) is 11.5 Å². The Balaban J connectivity index is 1.45. The van der Waals surface area contributed by atoms with Crippen molar-refractivity contribution in [3.05, 3.63) is 125 Å². The lowest BCUT2D eigenvalue weighted by molar-refractivity contribution is 0.0685. The molecule has 1 unspecified atom stereocenters. The summed E-state index contributed by atoms with van der Waals surface area (Å²) < 4.78 is 6.10. The number of allylic oxidation sites excluding steroid dienone is 1. The average molecular weight is 503 g/mol. The first-order valence-electron chi connectivity index (χ1n) is 11.7. The first kappa shape index (κ1) is 23.0. The van der Waals surface area contributed by atoms with E-state index in [1.54, 1.807) is 6.20 Å². The number of pyridine rings is 2. The summed E-state index contributed by atoms with van der Waals surface area (Å²) in [5.41, 5.74) is 3.41. The van der Waals surface area contributed by atoms with Gasteiger partial charge < -0.3 is 25.2 Å². The van der Waals surface area contributed by atoms with Gasteiger partial charge in [0.1, 0.15) is 0 Å². The van der Waals surface area contributed by atoms with E-state index in [9.17, 15) is 19.8 Å². The maximum atomic E-state index is 12.0. The molecule has 2 aromatic carbocycles. The molecule has 0 bridgehead atoms. The van der Waals surface area contributed by atoms with Crippen molar-refractivity contribution < 1.29 is 24.5 Å². The summed E-state index contributed by atoms with van der Waals surface area (Å²) in [7, 11) is 0. The minimum absolute atomic E-state index is 0.00528. The number of ether oxygens (including phenoxy) is 1. The minimum atomic E-state index is -1.14. The second-order valence-corrected chi connectivity index (χ2v) is 8.58. The first-order valence-corrected chi connectivity index (χ1v) is 11.7. The van der Waals surface area contributed by atoms with Crippen LogP contribution in [0.25, 0.3) is 16.7 Å². The largest absolute Gasteiger partial charge is 0.680 e. The van der Waals surface area contributed by atoms with Crippen LogP contribution in [0.2, 0.25) is 0 Å². The molecule has 4 heterocycles. The fourth-order valence-corrected chi connectivity index (χ4v) is 4.43. The van der Waals surface area contributed by atoms with Crippen molar-refractivity contribution in [3.63, 3.8) is 0 Å². The van der Waals surface area contributed by atoms with Gasteiger partial charge >= 0.3 is 11.9 Å². The molecule has 0 radical (unpaired) electrons. The molecule has 6 rings (SSSR count). The third-order valence-corrected chi connectivity index (χ3v) is 6.18. The van der Waals surface area contributed by atoms with Crippen LogP contribution < -0.4 is 9.64 Å². The second-order valence-electron chi connectivity index (χ2n) is 8.58. The number of carboxylic acids is 2. The van der Waals surface area contributed by atoms with Gasteiger partial charge in [-0.1, -0.05) is 42.5 Å². The number of para-hydroxylation sites is 4. The van der Waals surface area contributed by atoms with Gasteiger partial charge in [0.05, 0.1) is 33.9 Å². The molecule has 38 heavy (non-hydrogen) atoms. The van der Waals surface area contributed by atoms with E-state index in [1.807, 2.05) is 60.7 Å². The Bertz CT molecular complexity index is 1620. The molecule has 0 aliphatic carbocycles. The zero-order valence-corrected chi connectivity index (χ0v) is 19.7. The number of nitrogens with zero attached hydrogens (tertiary/aromatic N) is 4. The average Bonchev–Trinajstić information content (AvgIpc) is 2.95. The van der Waals surface area contributed by atoms with Crippen LogP contribution in [0.3, 0.4) is 0 Å². The first-order chi connectivity index (χ1) is 18.5. The van der Waals surface area contributed by atoms with Crippen LogP contribution in [-0.4, -0.2) is 32.1 Å². The highest BCUT2D eigenvalue weighted by atomic mass is 16.5. The number of rotatable bonds is 5. The summed E-state index contributed by atoms with van der Waals surface area (Å²) in [5.74, 6) is -0.848. The minimum Gasteiger partial charge on any atom is -0.680 e. The summed E-state index contributed by atoms with van der Waals surface area (Å²) in [5, 5.41) is 23.7. The molecule has 9 heteroatoms. The highest BCUT2D eigenvalue weighted by Crippen LogP contribution is 2.49. The topological polar surface area (TPSA) is 127 Å². The fourth-order valence-electron chi connectivity index (χ4n) is 4.43. The van der Waals surface area contributed by atoms with Crippen molar-refractivity contribution in [3.8, 4) is 22.9 Å². The molecule has 0 saturated heterocycles. The Hall–Kier alpha value is -5.44. The van der Waals surface area contributed by atoms with Crippen molar-refractivity contribution in [1.82, 2.24) is 9.97 Å². The number of hydrogen-bond donors (Lipinski definition) is 2. The molecule has 1 atom stereocenters. The van der Waals surface area contributed by atoms with E-state index in [4.69, 9.17) is 4.74 Å². The third kappa shape index (κ3) is 4.11. The Morgan fingerprint density at radius 3 is 2.18 bits per heavy atom. The fraction of sp³-hybridized carbons (Fsp3) is 0.0345. The van der Waals surface area contributed by atoms with Crippen LogP contribution in [0.1, 0.15) is 32.5 Å². The Morgan fingerprint density at radius 2 is 1.50 bits per heavy atom. The van der Waals surface area contributed by atoms with Gasteiger partial charge in [0, 0.05) is 17.6 Å². The van der Waals surface area contributed by atoms with Crippen molar-refractivity contribution in [2.45, 2.75) is 6.04 Å². The van der Waals surface area contributed by atoms with E-state index >= 15 is 0 Å². The number of fused-ring (bicyclic) bond motifs is 2. The number of aromatic nitrogens is 2. The zero-order chi connectivity index (χ0) is 26.2. The van der Waals surface area contributed by atoms with Crippen LogP contribution in [0.15, 0.2) is 103 Å². The van der Waals surface area contributed by atoms with Gasteiger partial charge in [-0.3, -0.25) is 9.97 Å². The number of carbonyl (C=O) groups is 2. The molecule has 2 aliphatic rings. The molecule has 9 nitrogen and oxygen atoms in total. The lowest BCUT2D eigenvalue weighted by Gasteiger charge is -2.38. The molecule has 2 aliphatic heterocycles. The monoisotopic (exact) mass is 503 g/mol. The molecular weight excluding hydrogens is 484 g/mol. The van der Waals surface area contributed by atoms with Crippen LogP contribution in [-0.2, 0) is 0 Å². The second kappa shape index (κ2) is 9.21. The highest BCUT2D eigenvalue weighted by Gasteiger charge is 2.26. The standard InChI is InChI=1S/C29H19N4O5/c34-28(35)17-9-11-30-20(13-17)22-14-18(29(36)37)15-23(32-22)21-16-19(10-12-31-21)33-24-5-1-3-7-26(24)38-27-8-4-2-6-25(27)33/h1-16,21H,(H,34,35)(H,36,37)/q-1. The number of anilines is 2. The summed E-state index contributed by atoms with van der Waals surface area (Å²) in [4.78, 5) is 34.3. The van der Waals surface area contributed by atoms with Gasteiger partial charge in [0.2, 0.25) is 0 Å². The van der Waals surface area contributed by atoms with Crippen molar-refractivity contribution >= 4 is 23.3 Å². The Morgan fingerprint density at radius 1 is 0.842 bits per heavy atom. The van der Waals surface area contributed by atoms with Crippen LogP contribution in [0, 0.1) is 0 Å². The number of carboxylic acid groups (broad SMARTS) is 2. The summed E-state index contributed by atoms with van der Waals surface area (Å²) in [6, 6.07) is 20.4. The summed E-state index contributed by atoms with van der Waals surface area (Å²) in [6.45, 7) is 0. The number of hydrogen-bond acceptors (Lipinski definition) is 6. The molecule has 2 aromatic heterocycles. The lowest BCUT2D eigenvalue weighted by Crippen LogP contribution is -2.21. The van der Waals surface area contributed by atoms with E-state index in [-0.39, 0.29) is 22.5 Å². The normalized spacial score (nSPS) is 15.4. The predicted molar refractivity (Wildman–Crippen MR) is 140 cm³/mol. The number of aromatic carboxylic acids is 2. The van der Waals surface area contributed by atoms with Gasteiger partial charge in [-0.15, -0.1) is 0 Å². The van der Waals surface area contributed by atoms with Gasteiger partial charge in [-0.05, 0) is 48.5 Å². The van der Waals surface area contributed by atoms with Gasteiger partial charge in [0.15, 0.2) is 11.5 Å². The van der Waals surface area contributed by atoms with E-state index < -0.39 is 18.0 Å². The molecular formula is C29H19N4O5-. The quantitative estimate of drug-likeness (QED) is 0.324.